The van der Waals surface area contributed by atoms with Gasteiger partial charge in [0.2, 0.25) is 0 Å². The van der Waals surface area contributed by atoms with Crippen molar-refractivity contribution in [3.8, 4) is 0 Å². The molecule has 0 atom stereocenters. The molecule has 1 aliphatic heterocycles. The Morgan fingerprint density at radius 3 is 2.35 bits per heavy atom. The van der Waals surface area contributed by atoms with E-state index in [9.17, 15) is 4.39 Å². The van der Waals surface area contributed by atoms with Crippen LogP contribution in [0.5, 0.6) is 0 Å². The summed E-state index contributed by atoms with van der Waals surface area (Å²) in [5.74, 6) is -0.431. The zero-order valence-electron chi connectivity index (χ0n) is 15.2. The highest BCUT2D eigenvalue weighted by atomic mass is 19.1. The molecule has 2 heterocycles. The van der Waals surface area contributed by atoms with Crippen LogP contribution in [-0.4, -0.2) is 23.3 Å². The quantitative estimate of drug-likeness (QED) is 0.721. The maximum atomic E-state index is 14.6. The van der Waals surface area contributed by atoms with E-state index in [1.807, 2.05) is 52.0 Å². The average molecular weight is 354 g/mol. The molecule has 0 bridgehead atoms. The standard InChI is InChI=1S/C19H20BFN2O3/c1-18(2)19(3,4)26-20(25-18)12-9-10-14(13(21)11-12)22-17-23-15-7-5-6-8-16(15)24-17/h5-11H,1-4H3,(H,22,23). The number of para-hydroxylation sites is 2. The molecule has 3 aromatic rings. The van der Waals surface area contributed by atoms with Crippen LogP contribution in [0.2, 0.25) is 0 Å². The lowest BCUT2D eigenvalue weighted by Crippen LogP contribution is -2.41. The zero-order chi connectivity index (χ0) is 18.5. The molecule has 0 aliphatic carbocycles. The van der Waals surface area contributed by atoms with Gasteiger partial charge in [0.1, 0.15) is 11.3 Å². The summed E-state index contributed by atoms with van der Waals surface area (Å²) < 4.78 is 32.1. The van der Waals surface area contributed by atoms with Gasteiger partial charge in [0.05, 0.1) is 16.9 Å². The third-order valence-corrected chi connectivity index (χ3v) is 5.05. The van der Waals surface area contributed by atoms with E-state index in [1.165, 1.54) is 6.07 Å². The minimum atomic E-state index is -0.604. The average Bonchev–Trinajstić information content (AvgIpc) is 3.06. The number of hydrogen-bond donors (Lipinski definition) is 1. The maximum Gasteiger partial charge on any atom is 0.494 e. The van der Waals surface area contributed by atoms with Crippen molar-refractivity contribution in [2.75, 3.05) is 5.32 Å². The van der Waals surface area contributed by atoms with Gasteiger partial charge < -0.3 is 19.0 Å². The molecule has 0 saturated carbocycles. The van der Waals surface area contributed by atoms with Crippen molar-refractivity contribution in [2.45, 2.75) is 38.9 Å². The van der Waals surface area contributed by atoms with Crippen LogP contribution in [0.15, 0.2) is 46.9 Å². The van der Waals surface area contributed by atoms with Crippen molar-refractivity contribution in [2.24, 2.45) is 0 Å². The van der Waals surface area contributed by atoms with E-state index in [4.69, 9.17) is 13.7 Å². The molecule has 0 unspecified atom stereocenters. The number of nitrogens with one attached hydrogen (secondary N) is 1. The zero-order valence-corrected chi connectivity index (χ0v) is 15.2. The van der Waals surface area contributed by atoms with Gasteiger partial charge in [-0.05, 0) is 57.4 Å². The van der Waals surface area contributed by atoms with Crippen LogP contribution in [0.25, 0.3) is 11.1 Å². The van der Waals surface area contributed by atoms with Crippen LogP contribution in [0.3, 0.4) is 0 Å². The summed E-state index contributed by atoms with van der Waals surface area (Å²) in [5.41, 5.74) is 1.32. The van der Waals surface area contributed by atoms with Gasteiger partial charge in [-0.1, -0.05) is 18.2 Å². The second-order valence-electron chi connectivity index (χ2n) is 7.44. The van der Waals surface area contributed by atoms with Gasteiger partial charge in [0.25, 0.3) is 6.01 Å². The molecule has 1 saturated heterocycles. The number of rotatable bonds is 3. The van der Waals surface area contributed by atoms with Crippen LogP contribution in [-0.2, 0) is 9.31 Å². The van der Waals surface area contributed by atoms with Crippen LogP contribution < -0.4 is 10.8 Å². The smallest absolute Gasteiger partial charge is 0.423 e. The van der Waals surface area contributed by atoms with E-state index in [0.29, 0.717) is 16.6 Å². The summed E-state index contributed by atoms with van der Waals surface area (Å²) in [4.78, 5) is 4.29. The first kappa shape index (κ1) is 17.1. The highest BCUT2D eigenvalue weighted by molar-refractivity contribution is 6.62. The van der Waals surface area contributed by atoms with Gasteiger partial charge in [-0.15, -0.1) is 0 Å². The number of fused-ring (bicyclic) bond motifs is 1. The minimum absolute atomic E-state index is 0.244. The summed E-state index contributed by atoms with van der Waals surface area (Å²) in [7, 11) is -0.604. The van der Waals surface area contributed by atoms with E-state index in [0.717, 1.165) is 0 Å². The number of oxazole rings is 1. The van der Waals surface area contributed by atoms with E-state index < -0.39 is 24.1 Å². The fraction of sp³-hybridized carbons (Fsp3) is 0.316. The molecule has 2 aromatic carbocycles. The van der Waals surface area contributed by atoms with Crippen LogP contribution in [0.1, 0.15) is 27.7 Å². The second kappa shape index (κ2) is 5.82. The van der Waals surface area contributed by atoms with Gasteiger partial charge in [0.15, 0.2) is 5.58 Å². The predicted molar refractivity (Wildman–Crippen MR) is 99.4 cm³/mol. The van der Waals surface area contributed by atoms with Crippen molar-refractivity contribution in [1.82, 2.24) is 4.98 Å². The lowest BCUT2D eigenvalue weighted by atomic mass is 9.79. The molecule has 1 fully saturated rings. The fourth-order valence-electron chi connectivity index (χ4n) is 2.80. The summed E-state index contributed by atoms with van der Waals surface area (Å²) in [6.45, 7) is 7.86. The third-order valence-electron chi connectivity index (χ3n) is 5.05. The monoisotopic (exact) mass is 354 g/mol. The Balaban J connectivity index is 1.57. The summed E-state index contributed by atoms with van der Waals surface area (Å²) in [6, 6.07) is 12.4. The summed E-state index contributed by atoms with van der Waals surface area (Å²) in [5, 5.41) is 2.88. The Labute approximate surface area is 151 Å². The third kappa shape index (κ3) is 2.87. The maximum absolute atomic E-state index is 14.6. The number of anilines is 2. The molecule has 134 valence electrons. The normalized spacial score (nSPS) is 18.4. The highest BCUT2D eigenvalue weighted by Gasteiger charge is 2.51. The Bertz CT molecular complexity index is 921. The van der Waals surface area contributed by atoms with E-state index in [-0.39, 0.29) is 11.7 Å². The summed E-state index contributed by atoms with van der Waals surface area (Å²) in [6.07, 6.45) is 0. The predicted octanol–water partition coefficient (Wildman–Crippen LogP) is 4.01. The molecule has 0 radical (unpaired) electrons. The molecule has 5 nitrogen and oxygen atoms in total. The van der Waals surface area contributed by atoms with Crippen LogP contribution in [0, 0.1) is 5.82 Å². The first-order valence-corrected chi connectivity index (χ1v) is 8.53. The van der Waals surface area contributed by atoms with Crippen LogP contribution >= 0.6 is 0 Å². The van der Waals surface area contributed by atoms with E-state index in [2.05, 4.69) is 10.3 Å². The van der Waals surface area contributed by atoms with Crippen molar-refractivity contribution < 1.29 is 18.1 Å². The Kier molecular flexibility index (Phi) is 3.82. The van der Waals surface area contributed by atoms with Gasteiger partial charge in [-0.2, -0.15) is 4.98 Å². The van der Waals surface area contributed by atoms with E-state index in [1.54, 1.807) is 12.1 Å². The second-order valence-corrected chi connectivity index (χ2v) is 7.44. The number of halogens is 1. The molecule has 7 heteroatoms. The topological polar surface area (TPSA) is 56.5 Å². The molecule has 1 N–H and O–H groups in total. The first-order valence-electron chi connectivity index (χ1n) is 8.53. The lowest BCUT2D eigenvalue weighted by molar-refractivity contribution is 0.00578. The molecule has 26 heavy (non-hydrogen) atoms. The van der Waals surface area contributed by atoms with Gasteiger partial charge in [-0.25, -0.2) is 4.39 Å². The Morgan fingerprint density at radius 2 is 1.69 bits per heavy atom. The van der Waals surface area contributed by atoms with Gasteiger partial charge >= 0.3 is 7.12 Å². The Morgan fingerprint density at radius 1 is 1.00 bits per heavy atom. The number of benzene rings is 2. The number of aromatic nitrogens is 1. The number of nitrogens with zero attached hydrogens (tertiary/aromatic N) is 1. The minimum Gasteiger partial charge on any atom is -0.423 e. The molecule has 0 spiro atoms. The number of hydrogen-bond acceptors (Lipinski definition) is 5. The van der Waals surface area contributed by atoms with Crippen LogP contribution in [0.4, 0.5) is 16.1 Å². The van der Waals surface area contributed by atoms with Crippen molar-refractivity contribution in [1.29, 1.82) is 0 Å². The largest absolute Gasteiger partial charge is 0.494 e. The highest BCUT2D eigenvalue weighted by Crippen LogP contribution is 2.36. The van der Waals surface area contributed by atoms with Crippen molar-refractivity contribution in [3.05, 3.63) is 48.3 Å². The SMILES string of the molecule is CC1(C)OB(c2ccc(Nc3nc4ccccc4o3)c(F)c2)OC1(C)C. The fourth-order valence-corrected chi connectivity index (χ4v) is 2.80. The van der Waals surface area contributed by atoms with E-state index >= 15 is 0 Å². The lowest BCUT2D eigenvalue weighted by Gasteiger charge is -2.32. The van der Waals surface area contributed by atoms with Gasteiger partial charge in [0, 0.05) is 0 Å². The molecule has 1 aliphatic rings. The van der Waals surface area contributed by atoms with Crippen molar-refractivity contribution in [3.63, 3.8) is 0 Å². The molecular weight excluding hydrogens is 334 g/mol. The first-order chi connectivity index (χ1) is 12.2. The molecule has 1 aromatic heterocycles. The molecule has 4 rings (SSSR count). The van der Waals surface area contributed by atoms with Crippen molar-refractivity contribution >= 4 is 35.4 Å². The molecule has 0 amide bonds. The summed E-state index contributed by atoms with van der Waals surface area (Å²) >= 11 is 0. The Hall–Kier alpha value is -2.38. The van der Waals surface area contributed by atoms with Gasteiger partial charge in [-0.3, -0.25) is 0 Å². The molecular formula is C19H20BFN2O3.